The Hall–Kier alpha value is -4.92. The Bertz CT molecular complexity index is 1840. The predicted molar refractivity (Wildman–Crippen MR) is 173 cm³/mol. The zero-order valence-electron chi connectivity index (χ0n) is 27.7. The zero-order valence-corrected chi connectivity index (χ0v) is 27.7. The van der Waals surface area contributed by atoms with Crippen LogP contribution in [0.4, 0.5) is 58.7 Å². The summed E-state index contributed by atoms with van der Waals surface area (Å²) in [5, 5.41) is 15.7. The molecule has 4 aromatic rings. The van der Waals surface area contributed by atoms with Crippen molar-refractivity contribution in [2.45, 2.75) is 52.1 Å². The van der Waals surface area contributed by atoms with Gasteiger partial charge in [-0.1, -0.05) is 17.7 Å². The third-order valence-electron chi connectivity index (χ3n) is 8.78. The lowest BCUT2D eigenvalue weighted by molar-refractivity contribution is -0.247. The van der Waals surface area contributed by atoms with Gasteiger partial charge in [0.05, 0.1) is 22.9 Å². The maximum Gasteiger partial charge on any atom is 0.416 e. The Balaban J connectivity index is 1.60. The molecule has 3 aromatic carbocycles. The molecule has 2 heterocycles. The first-order valence-electron chi connectivity index (χ1n) is 15.6. The van der Waals surface area contributed by atoms with Crippen LogP contribution >= 0.6 is 0 Å². The second-order valence-electron chi connectivity index (χ2n) is 12.5. The molecule has 5 rings (SSSR count). The molecular weight excluding hydrogens is 669 g/mol. The zero-order chi connectivity index (χ0) is 36.7. The van der Waals surface area contributed by atoms with Gasteiger partial charge in [-0.05, 0) is 99.5 Å². The molecule has 1 amide bonds. The number of aromatic nitrogens is 2. The molecule has 2 atom stereocenters. The van der Waals surface area contributed by atoms with Crippen LogP contribution in [0.25, 0.3) is 0 Å². The first kappa shape index (κ1) is 36.4. The minimum absolute atomic E-state index is 0.0276. The van der Waals surface area contributed by atoms with E-state index < -0.39 is 52.8 Å². The van der Waals surface area contributed by atoms with E-state index in [0.29, 0.717) is 46.9 Å². The second kappa shape index (κ2) is 13.8. The number of nitrogens with one attached hydrogen (secondary N) is 1. The fourth-order valence-corrected chi connectivity index (χ4v) is 6.32. The van der Waals surface area contributed by atoms with Gasteiger partial charge in [0, 0.05) is 37.6 Å². The van der Waals surface area contributed by atoms with Crippen molar-refractivity contribution in [2.24, 2.45) is 0 Å². The number of benzene rings is 3. The van der Waals surface area contributed by atoms with Gasteiger partial charge in [-0.2, -0.15) is 31.3 Å². The number of carbonyl (C=O) groups is 1. The van der Waals surface area contributed by atoms with Crippen LogP contribution in [-0.2, 0) is 12.4 Å². The molecule has 15 heteroatoms. The third kappa shape index (κ3) is 7.77. The average molecular weight is 704 g/mol. The smallest absolute Gasteiger partial charge is 0.416 e. The molecule has 1 saturated heterocycles. The van der Waals surface area contributed by atoms with E-state index in [1.807, 2.05) is 18.9 Å². The van der Waals surface area contributed by atoms with Gasteiger partial charge in [0.25, 0.3) is 0 Å². The SMILES string of the molecule is Cc1cc(C)c(C(c2cc(C(F)(F)F)cc(C(F)(F)F)c2)N(C(=O)[O-])c2ccnc(Nc3ccc(N4CCN(C)C(C)C4)c(F)c3)n2)c(C)c1. The molecule has 8 nitrogen and oxygen atoms in total. The topological polar surface area (TPSA) is 87.7 Å². The van der Waals surface area contributed by atoms with Gasteiger partial charge in [-0.25, -0.2) is 9.37 Å². The summed E-state index contributed by atoms with van der Waals surface area (Å²) >= 11 is 0. The fraction of sp³-hybridized carbons (Fsp3) is 0.343. The molecule has 1 aliphatic heterocycles. The molecule has 50 heavy (non-hydrogen) atoms. The summed E-state index contributed by atoms with van der Waals surface area (Å²) in [4.78, 5) is 25.8. The summed E-state index contributed by atoms with van der Waals surface area (Å²) in [7, 11) is 1.99. The van der Waals surface area contributed by atoms with Crippen LogP contribution in [0.1, 0.15) is 51.9 Å². The van der Waals surface area contributed by atoms with E-state index in [0.717, 1.165) is 24.4 Å². The van der Waals surface area contributed by atoms with Crippen molar-refractivity contribution in [3.63, 3.8) is 0 Å². The highest BCUT2D eigenvalue weighted by Gasteiger charge is 2.39. The van der Waals surface area contributed by atoms with E-state index >= 15 is 4.39 Å². The number of rotatable bonds is 7. The number of hydrogen-bond acceptors (Lipinski definition) is 7. The average Bonchev–Trinajstić information content (AvgIpc) is 3.00. The number of anilines is 4. The highest BCUT2D eigenvalue weighted by molar-refractivity contribution is 5.86. The number of nitrogens with zero attached hydrogens (tertiary/aromatic N) is 5. The van der Waals surface area contributed by atoms with Crippen LogP contribution in [0.15, 0.2) is 60.8 Å². The highest BCUT2D eigenvalue weighted by atomic mass is 19.4. The standard InChI is InChI=1S/C35H35F7N6O2/c1-19-12-20(2)30(21(3)13-19)31(23-14-24(34(37,38)39)16-25(15-23)35(40,41)42)48(33(49)50)29-8-9-43-32(45-29)44-26-6-7-28(27(36)17-26)47-11-10-46(5)22(4)18-47/h6-9,12-17,22,31H,10-11,18H2,1-5H3,(H,49,50)(H,43,44,45)/p-1. The number of carbonyl (C=O) groups excluding carboxylic acids is 1. The molecular formula is C35H34F7N6O2-. The van der Waals surface area contributed by atoms with Gasteiger partial charge in [-0.15, -0.1) is 0 Å². The Morgan fingerprint density at radius 3 is 2.10 bits per heavy atom. The van der Waals surface area contributed by atoms with E-state index in [2.05, 4.69) is 20.2 Å². The molecule has 0 aliphatic carbocycles. The van der Waals surface area contributed by atoms with Gasteiger partial charge in [-0.3, -0.25) is 0 Å². The summed E-state index contributed by atoms with van der Waals surface area (Å²) in [6.45, 7) is 8.90. The summed E-state index contributed by atoms with van der Waals surface area (Å²) < 4.78 is 99.2. The largest absolute Gasteiger partial charge is 0.530 e. The van der Waals surface area contributed by atoms with Crippen molar-refractivity contribution in [1.82, 2.24) is 14.9 Å². The molecule has 1 fully saturated rings. The van der Waals surface area contributed by atoms with Gasteiger partial charge in [0.15, 0.2) is 0 Å². The van der Waals surface area contributed by atoms with Crippen LogP contribution < -0.4 is 20.2 Å². The number of halogens is 7. The molecule has 266 valence electrons. The normalized spacial score (nSPS) is 16.3. The maximum absolute atomic E-state index is 15.3. The highest BCUT2D eigenvalue weighted by Crippen LogP contribution is 2.42. The molecule has 0 radical (unpaired) electrons. The number of piperazine rings is 1. The van der Waals surface area contributed by atoms with Crippen molar-refractivity contribution in [3.8, 4) is 0 Å². The Kier molecular flexibility index (Phi) is 10.0. The first-order valence-corrected chi connectivity index (χ1v) is 15.6. The quantitative estimate of drug-likeness (QED) is 0.201. The lowest BCUT2D eigenvalue weighted by Gasteiger charge is -2.39. The molecule has 0 spiro atoms. The van der Waals surface area contributed by atoms with Gasteiger partial charge in [0.1, 0.15) is 17.7 Å². The third-order valence-corrected chi connectivity index (χ3v) is 8.78. The van der Waals surface area contributed by atoms with Crippen LogP contribution in [-0.4, -0.2) is 53.7 Å². The van der Waals surface area contributed by atoms with E-state index in [1.165, 1.54) is 6.07 Å². The molecule has 2 unspecified atom stereocenters. The van der Waals surface area contributed by atoms with Crippen molar-refractivity contribution in [3.05, 3.63) is 106 Å². The Labute approximate surface area is 284 Å². The van der Waals surface area contributed by atoms with Crippen molar-refractivity contribution < 1.29 is 40.6 Å². The monoisotopic (exact) mass is 703 g/mol. The van der Waals surface area contributed by atoms with Crippen molar-refractivity contribution in [1.29, 1.82) is 0 Å². The molecule has 1 N–H and O–H groups in total. The number of alkyl halides is 6. The number of likely N-dealkylation sites (N-methyl/N-ethyl adjacent to an activating group) is 1. The lowest BCUT2D eigenvalue weighted by Crippen LogP contribution is -2.50. The fourth-order valence-electron chi connectivity index (χ4n) is 6.32. The van der Waals surface area contributed by atoms with Gasteiger partial charge >= 0.3 is 12.4 Å². The van der Waals surface area contributed by atoms with Crippen LogP contribution in [0.2, 0.25) is 0 Å². The molecule has 1 aliphatic rings. The first-order chi connectivity index (χ1) is 23.3. The molecule has 1 aromatic heterocycles. The summed E-state index contributed by atoms with van der Waals surface area (Å²) in [6, 6.07) is 8.16. The minimum Gasteiger partial charge on any atom is -0.530 e. The second-order valence-corrected chi connectivity index (χ2v) is 12.5. The number of amides is 1. The van der Waals surface area contributed by atoms with E-state index in [4.69, 9.17) is 0 Å². The van der Waals surface area contributed by atoms with Gasteiger partial charge < -0.3 is 29.9 Å². The van der Waals surface area contributed by atoms with Crippen molar-refractivity contribution >= 4 is 29.2 Å². The predicted octanol–water partition coefficient (Wildman–Crippen LogP) is 7.40. The summed E-state index contributed by atoms with van der Waals surface area (Å²) in [5.74, 6) is -1.17. The minimum atomic E-state index is -5.19. The number of hydrogen-bond donors (Lipinski definition) is 1. The summed E-state index contributed by atoms with van der Waals surface area (Å²) in [6.07, 6.45) is -11.2. The van der Waals surface area contributed by atoms with Crippen LogP contribution in [0.5, 0.6) is 0 Å². The van der Waals surface area contributed by atoms with Crippen molar-refractivity contribution in [2.75, 3.05) is 41.8 Å². The Morgan fingerprint density at radius 1 is 0.940 bits per heavy atom. The molecule has 0 saturated carbocycles. The lowest BCUT2D eigenvalue weighted by atomic mass is 9.87. The maximum atomic E-state index is 15.3. The van der Waals surface area contributed by atoms with E-state index in [1.54, 1.807) is 45.0 Å². The van der Waals surface area contributed by atoms with Crippen LogP contribution in [0.3, 0.4) is 0 Å². The van der Waals surface area contributed by atoms with Gasteiger partial charge in [0.2, 0.25) is 5.95 Å². The van der Waals surface area contributed by atoms with E-state index in [-0.39, 0.29) is 29.3 Å². The Morgan fingerprint density at radius 2 is 1.56 bits per heavy atom. The van der Waals surface area contributed by atoms with E-state index in [9.17, 15) is 36.2 Å². The van der Waals surface area contributed by atoms with Crippen LogP contribution in [0, 0.1) is 26.6 Å². The number of aryl methyl sites for hydroxylation is 3. The number of carboxylic acid groups (broad SMARTS) is 1. The summed E-state index contributed by atoms with van der Waals surface area (Å²) in [5.41, 5.74) is -1.57. The molecule has 0 bridgehead atoms.